The fraction of sp³-hybridized carbons (Fsp3) is 0.250. The predicted molar refractivity (Wildman–Crippen MR) is 62.5 cm³/mol. The third-order valence-corrected chi connectivity index (χ3v) is 2.07. The van der Waals surface area contributed by atoms with E-state index in [-0.39, 0.29) is 18.9 Å². The van der Waals surface area contributed by atoms with Gasteiger partial charge in [-0.15, -0.1) is 0 Å². The zero-order valence-corrected chi connectivity index (χ0v) is 9.80. The van der Waals surface area contributed by atoms with Crippen LogP contribution in [0.15, 0.2) is 18.2 Å². The zero-order chi connectivity index (χ0) is 13.4. The molecule has 0 aliphatic heterocycles. The summed E-state index contributed by atoms with van der Waals surface area (Å²) < 4.78 is 10.2. The molecule has 0 aromatic heterocycles. The first-order valence-electron chi connectivity index (χ1n) is 5.11. The van der Waals surface area contributed by atoms with Crippen molar-refractivity contribution in [1.82, 2.24) is 5.32 Å². The number of hydrogen-bond acceptors (Lipinski definition) is 5. The molecule has 0 heterocycles. The van der Waals surface area contributed by atoms with Gasteiger partial charge in [-0.1, -0.05) is 0 Å². The smallest absolute Gasteiger partial charge is 0.258 e. The second kappa shape index (κ2) is 6.91. The summed E-state index contributed by atoms with van der Waals surface area (Å²) in [5.74, 6) is 0.348. The molecule has 0 bridgehead atoms. The van der Waals surface area contributed by atoms with Gasteiger partial charge in [0.15, 0.2) is 12.9 Å². The van der Waals surface area contributed by atoms with Crippen molar-refractivity contribution in [3.8, 4) is 17.6 Å². The van der Waals surface area contributed by atoms with E-state index in [1.165, 1.54) is 19.2 Å². The van der Waals surface area contributed by atoms with E-state index >= 15 is 0 Å². The van der Waals surface area contributed by atoms with Crippen LogP contribution in [0.25, 0.3) is 0 Å². The highest BCUT2D eigenvalue weighted by molar-refractivity contribution is 5.81. The van der Waals surface area contributed by atoms with Crippen molar-refractivity contribution in [3.63, 3.8) is 0 Å². The highest BCUT2D eigenvalue weighted by Crippen LogP contribution is 2.23. The van der Waals surface area contributed by atoms with Crippen molar-refractivity contribution in [2.75, 3.05) is 20.3 Å². The average Bonchev–Trinajstić information content (AvgIpc) is 2.42. The van der Waals surface area contributed by atoms with Crippen molar-refractivity contribution in [2.24, 2.45) is 0 Å². The molecule has 0 saturated carbocycles. The average molecular weight is 248 g/mol. The first-order chi connectivity index (χ1) is 8.71. The SMILES string of the molecule is COc1ccc(C=O)c(OCC(=O)NCC#N)c1. The minimum atomic E-state index is -0.434. The number of carbonyl (C=O) groups excluding carboxylic acids is 2. The lowest BCUT2D eigenvalue weighted by Crippen LogP contribution is -2.29. The van der Waals surface area contributed by atoms with Gasteiger partial charge in [-0.2, -0.15) is 5.26 Å². The molecule has 94 valence electrons. The Balaban J connectivity index is 2.68. The van der Waals surface area contributed by atoms with E-state index in [0.717, 1.165) is 0 Å². The number of benzene rings is 1. The van der Waals surface area contributed by atoms with Crippen LogP contribution in [0, 0.1) is 11.3 Å². The van der Waals surface area contributed by atoms with Crippen molar-refractivity contribution in [1.29, 1.82) is 5.26 Å². The molecule has 0 saturated heterocycles. The summed E-state index contributed by atoms with van der Waals surface area (Å²) in [5.41, 5.74) is 0.323. The fourth-order valence-electron chi connectivity index (χ4n) is 1.20. The van der Waals surface area contributed by atoms with Crippen molar-refractivity contribution >= 4 is 12.2 Å². The quantitative estimate of drug-likeness (QED) is 0.586. The lowest BCUT2D eigenvalue weighted by atomic mass is 10.2. The molecule has 0 aliphatic carbocycles. The molecule has 18 heavy (non-hydrogen) atoms. The molecule has 1 amide bonds. The molecule has 0 atom stereocenters. The van der Waals surface area contributed by atoms with E-state index in [0.29, 0.717) is 17.6 Å². The molecule has 0 fully saturated rings. The minimum absolute atomic E-state index is 0.0825. The van der Waals surface area contributed by atoms with Crippen LogP contribution in [-0.2, 0) is 4.79 Å². The Labute approximate surface area is 104 Å². The molecule has 0 spiro atoms. The topological polar surface area (TPSA) is 88.4 Å². The van der Waals surface area contributed by atoms with Crippen LogP contribution in [0.5, 0.6) is 11.5 Å². The summed E-state index contributed by atoms with van der Waals surface area (Å²) in [6.07, 6.45) is 0.627. The van der Waals surface area contributed by atoms with Gasteiger partial charge in [-0.05, 0) is 12.1 Å². The molecule has 1 aromatic carbocycles. The van der Waals surface area contributed by atoms with Crippen LogP contribution in [-0.4, -0.2) is 32.5 Å². The number of nitrogens with zero attached hydrogens (tertiary/aromatic N) is 1. The van der Waals surface area contributed by atoms with Crippen LogP contribution < -0.4 is 14.8 Å². The minimum Gasteiger partial charge on any atom is -0.497 e. The maximum Gasteiger partial charge on any atom is 0.258 e. The lowest BCUT2D eigenvalue weighted by molar-refractivity contribution is -0.122. The second-order valence-corrected chi connectivity index (χ2v) is 3.25. The molecular formula is C12H12N2O4. The first kappa shape index (κ1) is 13.5. The maximum absolute atomic E-state index is 11.2. The maximum atomic E-state index is 11.2. The van der Waals surface area contributed by atoms with Gasteiger partial charge in [0.05, 0.1) is 18.7 Å². The Kier molecular flexibility index (Phi) is 5.19. The zero-order valence-electron chi connectivity index (χ0n) is 9.80. The largest absolute Gasteiger partial charge is 0.497 e. The summed E-state index contributed by atoms with van der Waals surface area (Å²) in [7, 11) is 1.49. The number of ether oxygens (including phenoxy) is 2. The molecule has 0 radical (unpaired) electrons. The molecule has 0 unspecified atom stereocenters. The highest BCUT2D eigenvalue weighted by Gasteiger charge is 2.07. The summed E-state index contributed by atoms with van der Waals surface area (Å²) in [6.45, 7) is -0.351. The van der Waals surface area contributed by atoms with E-state index < -0.39 is 5.91 Å². The van der Waals surface area contributed by atoms with Crippen LogP contribution in [0.4, 0.5) is 0 Å². The van der Waals surface area contributed by atoms with Crippen molar-refractivity contribution < 1.29 is 19.1 Å². The summed E-state index contributed by atoms with van der Waals surface area (Å²) in [5, 5.41) is 10.6. The Morgan fingerprint density at radius 3 is 2.94 bits per heavy atom. The molecule has 1 aromatic rings. The van der Waals surface area contributed by atoms with Gasteiger partial charge >= 0.3 is 0 Å². The van der Waals surface area contributed by atoms with Gasteiger partial charge in [0, 0.05) is 6.07 Å². The van der Waals surface area contributed by atoms with E-state index in [2.05, 4.69) is 5.32 Å². The lowest BCUT2D eigenvalue weighted by Gasteiger charge is -2.09. The summed E-state index contributed by atoms with van der Waals surface area (Å²) >= 11 is 0. The predicted octanol–water partition coefficient (Wildman–Crippen LogP) is 0.526. The third kappa shape index (κ3) is 3.79. The molecular weight excluding hydrogens is 236 g/mol. The fourth-order valence-corrected chi connectivity index (χ4v) is 1.20. The normalized spacial score (nSPS) is 9.11. The van der Waals surface area contributed by atoms with Gasteiger partial charge < -0.3 is 14.8 Å². The number of carbonyl (C=O) groups is 2. The van der Waals surface area contributed by atoms with Gasteiger partial charge in [0.2, 0.25) is 0 Å². The monoisotopic (exact) mass is 248 g/mol. The number of hydrogen-bond donors (Lipinski definition) is 1. The number of nitriles is 1. The number of aldehydes is 1. The Bertz CT molecular complexity index is 479. The summed E-state index contributed by atoms with van der Waals surface area (Å²) in [4.78, 5) is 22.0. The van der Waals surface area contributed by atoms with Gasteiger partial charge in [0.1, 0.15) is 18.0 Å². The molecule has 6 nitrogen and oxygen atoms in total. The second-order valence-electron chi connectivity index (χ2n) is 3.25. The van der Waals surface area contributed by atoms with E-state index in [1.807, 2.05) is 0 Å². The molecule has 0 aliphatic rings. The Morgan fingerprint density at radius 2 is 2.33 bits per heavy atom. The van der Waals surface area contributed by atoms with Crippen LogP contribution in [0.1, 0.15) is 10.4 Å². The molecule has 1 N–H and O–H groups in total. The van der Waals surface area contributed by atoms with E-state index in [9.17, 15) is 9.59 Å². The highest BCUT2D eigenvalue weighted by atomic mass is 16.5. The number of amides is 1. The van der Waals surface area contributed by atoms with Crippen LogP contribution in [0.2, 0.25) is 0 Å². The number of rotatable bonds is 6. The van der Waals surface area contributed by atoms with E-state index in [4.69, 9.17) is 14.7 Å². The Hall–Kier alpha value is -2.55. The van der Waals surface area contributed by atoms with Gasteiger partial charge in [-0.25, -0.2) is 0 Å². The van der Waals surface area contributed by atoms with E-state index in [1.54, 1.807) is 12.1 Å². The van der Waals surface area contributed by atoms with Crippen LogP contribution in [0.3, 0.4) is 0 Å². The Morgan fingerprint density at radius 1 is 1.56 bits per heavy atom. The van der Waals surface area contributed by atoms with Crippen molar-refractivity contribution in [2.45, 2.75) is 0 Å². The third-order valence-electron chi connectivity index (χ3n) is 2.07. The molecule has 6 heteroatoms. The number of nitrogens with one attached hydrogen (secondary N) is 1. The van der Waals surface area contributed by atoms with Crippen molar-refractivity contribution in [3.05, 3.63) is 23.8 Å². The number of methoxy groups -OCH3 is 1. The molecule has 1 rings (SSSR count). The standard InChI is InChI=1S/C12H12N2O4/c1-17-10-3-2-9(7-15)11(6-10)18-8-12(16)14-5-4-13/h2-3,6-7H,5,8H2,1H3,(H,14,16). The first-order valence-corrected chi connectivity index (χ1v) is 5.11. The summed E-state index contributed by atoms with van der Waals surface area (Å²) in [6, 6.07) is 6.44. The van der Waals surface area contributed by atoms with Gasteiger partial charge in [0.25, 0.3) is 5.91 Å². The van der Waals surface area contributed by atoms with Crippen LogP contribution >= 0.6 is 0 Å². The van der Waals surface area contributed by atoms with Gasteiger partial charge in [-0.3, -0.25) is 9.59 Å².